The molecule has 0 unspecified atom stereocenters. The van der Waals surface area contributed by atoms with Gasteiger partial charge in [0.05, 0.1) is 18.9 Å². The van der Waals surface area contributed by atoms with Crippen LogP contribution in [0.1, 0.15) is 36.6 Å². The van der Waals surface area contributed by atoms with Gasteiger partial charge in [0.25, 0.3) is 0 Å². The Labute approximate surface area is 236 Å². The third kappa shape index (κ3) is 8.05. The maximum absolute atomic E-state index is 11.9. The molecule has 11 heteroatoms. The molecule has 5 rings (SSSR count). The Hall–Kier alpha value is -3.39. The predicted octanol–water partition coefficient (Wildman–Crippen LogP) is 3.44. The van der Waals surface area contributed by atoms with E-state index in [-0.39, 0.29) is 11.7 Å². The number of carbonyl (C=O) groups excluding carboxylic acids is 1. The first-order chi connectivity index (χ1) is 18.8. The number of likely N-dealkylation sites (tertiary alicyclic amines) is 1. The van der Waals surface area contributed by atoms with Gasteiger partial charge in [0.1, 0.15) is 11.6 Å². The molecule has 3 aliphatic heterocycles. The van der Waals surface area contributed by atoms with Crippen molar-refractivity contribution in [3.8, 4) is 17.8 Å². The highest BCUT2D eigenvalue weighted by molar-refractivity contribution is 6.31. The van der Waals surface area contributed by atoms with Gasteiger partial charge in [0.15, 0.2) is 0 Å². The fraction of sp³-hybridized carbons (Fsp3) is 0.500. The number of nitriles is 1. The van der Waals surface area contributed by atoms with E-state index in [9.17, 15) is 9.90 Å². The van der Waals surface area contributed by atoms with Crippen LogP contribution in [0.5, 0.6) is 11.8 Å². The molecule has 210 valence electrons. The first-order valence-electron chi connectivity index (χ1n) is 13.1. The number of anilines is 1. The molecule has 39 heavy (non-hydrogen) atoms. The number of hydrogen-bond donors (Lipinski definition) is 1. The number of piperazine rings is 1. The van der Waals surface area contributed by atoms with Crippen molar-refractivity contribution >= 4 is 23.3 Å². The van der Waals surface area contributed by atoms with Crippen LogP contribution < -0.4 is 9.64 Å². The molecule has 2 aromatic rings. The lowest BCUT2D eigenvalue weighted by Gasteiger charge is -2.35. The molecule has 1 aromatic heterocycles. The molecule has 1 N–H and O–H groups in total. The number of carbonyl (C=O) groups is 1. The number of fused-ring (bicyclic) bond motifs is 1. The van der Waals surface area contributed by atoms with E-state index in [4.69, 9.17) is 21.6 Å². The SMILES string of the molecule is C=CC(=O)N1CCN(c2nc(OC)nc3c2CN(Cc2c(O)cccc2Cl)C3)CC1.CC#N.CN1CCCC1. The minimum absolute atomic E-state index is 0.0501. The summed E-state index contributed by atoms with van der Waals surface area (Å²) >= 11 is 6.29. The monoisotopic (exact) mass is 555 g/mol. The van der Waals surface area contributed by atoms with Crippen molar-refractivity contribution in [2.75, 3.05) is 58.3 Å². The molecule has 10 nitrogen and oxygen atoms in total. The van der Waals surface area contributed by atoms with E-state index < -0.39 is 0 Å². The summed E-state index contributed by atoms with van der Waals surface area (Å²) in [6.45, 7) is 12.0. The first kappa shape index (κ1) is 30.2. The summed E-state index contributed by atoms with van der Waals surface area (Å²) in [5.41, 5.74) is 2.66. The van der Waals surface area contributed by atoms with Gasteiger partial charge in [0, 0.05) is 68.9 Å². The van der Waals surface area contributed by atoms with Crippen LogP contribution in [0, 0.1) is 11.3 Å². The molecule has 0 radical (unpaired) electrons. The second-order valence-electron chi connectivity index (χ2n) is 9.59. The van der Waals surface area contributed by atoms with E-state index >= 15 is 0 Å². The van der Waals surface area contributed by atoms with Gasteiger partial charge in [0.2, 0.25) is 5.91 Å². The molecule has 2 fully saturated rings. The van der Waals surface area contributed by atoms with E-state index in [1.54, 1.807) is 36.3 Å². The maximum Gasteiger partial charge on any atom is 0.318 e. The third-order valence-electron chi connectivity index (χ3n) is 6.86. The summed E-state index contributed by atoms with van der Waals surface area (Å²) in [4.78, 5) is 29.5. The normalized spacial score (nSPS) is 16.8. The van der Waals surface area contributed by atoms with Gasteiger partial charge in [-0.05, 0) is 51.2 Å². The number of benzene rings is 1. The maximum atomic E-state index is 11.9. The summed E-state index contributed by atoms with van der Waals surface area (Å²) in [6, 6.07) is 7.22. The number of methoxy groups -OCH3 is 1. The Balaban J connectivity index is 0.000000400. The van der Waals surface area contributed by atoms with Gasteiger partial charge in [-0.2, -0.15) is 15.2 Å². The summed E-state index contributed by atoms with van der Waals surface area (Å²) in [5.74, 6) is 0.977. The highest BCUT2D eigenvalue weighted by Gasteiger charge is 2.30. The second kappa shape index (κ2) is 14.7. The van der Waals surface area contributed by atoms with Crippen LogP contribution in [-0.4, -0.2) is 89.1 Å². The van der Waals surface area contributed by atoms with Crippen molar-refractivity contribution in [1.82, 2.24) is 24.7 Å². The van der Waals surface area contributed by atoms with Crippen LogP contribution in [0.15, 0.2) is 30.9 Å². The lowest BCUT2D eigenvalue weighted by atomic mass is 10.2. The second-order valence-corrected chi connectivity index (χ2v) is 10.00. The van der Waals surface area contributed by atoms with E-state index in [1.165, 1.54) is 38.9 Å². The zero-order chi connectivity index (χ0) is 28.4. The Kier molecular flexibility index (Phi) is 11.3. The van der Waals surface area contributed by atoms with Crippen LogP contribution >= 0.6 is 11.6 Å². The van der Waals surface area contributed by atoms with Crippen molar-refractivity contribution in [2.24, 2.45) is 0 Å². The van der Waals surface area contributed by atoms with E-state index in [0.29, 0.717) is 62.4 Å². The number of aromatic hydroxyl groups is 1. The van der Waals surface area contributed by atoms with Crippen molar-refractivity contribution in [2.45, 2.75) is 39.4 Å². The van der Waals surface area contributed by atoms with Crippen molar-refractivity contribution in [3.05, 3.63) is 52.7 Å². The highest BCUT2D eigenvalue weighted by Crippen LogP contribution is 2.34. The van der Waals surface area contributed by atoms with Crippen molar-refractivity contribution in [1.29, 1.82) is 5.26 Å². The third-order valence-corrected chi connectivity index (χ3v) is 7.21. The first-order valence-corrected chi connectivity index (χ1v) is 13.5. The minimum atomic E-state index is -0.0501. The van der Waals surface area contributed by atoms with Gasteiger partial charge >= 0.3 is 6.01 Å². The van der Waals surface area contributed by atoms with Gasteiger partial charge < -0.3 is 24.5 Å². The number of nitrogens with zero attached hydrogens (tertiary/aromatic N) is 7. The molecule has 3 aliphatic rings. The molecule has 0 saturated carbocycles. The van der Waals surface area contributed by atoms with Crippen LogP contribution in [-0.2, 0) is 24.4 Å². The summed E-state index contributed by atoms with van der Waals surface area (Å²) in [7, 11) is 3.73. The average molecular weight is 556 g/mol. The number of phenols is 1. The standard InChI is InChI=1S/C21H24ClN5O3.C5H11N.C2H3N/c1-3-19(29)26-7-9-27(10-8-26)20-15-12-25(13-17(15)23-21(24-20)30-2)11-14-16(22)5-4-6-18(14)28;1-6-4-2-3-5-6;1-2-3/h3-6,28H,1,7-13H2,2H3;2-5H2,1H3;1H3. The largest absolute Gasteiger partial charge is 0.508 e. The Morgan fingerprint density at radius 3 is 2.38 bits per heavy atom. The Morgan fingerprint density at radius 2 is 1.85 bits per heavy atom. The molecule has 2 saturated heterocycles. The topological polar surface area (TPSA) is 109 Å². The van der Waals surface area contributed by atoms with Crippen LogP contribution in [0.25, 0.3) is 0 Å². The number of halogens is 1. The number of rotatable bonds is 5. The van der Waals surface area contributed by atoms with Gasteiger partial charge in [-0.25, -0.2) is 0 Å². The van der Waals surface area contributed by atoms with Gasteiger partial charge in [-0.3, -0.25) is 9.69 Å². The number of phenolic OH excluding ortho intramolecular Hbond substituents is 1. The fourth-order valence-electron chi connectivity index (χ4n) is 4.81. The van der Waals surface area contributed by atoms with E-state index in [0.717, 1.165) is 17.1 Å². The molecular formula is C28H38ClN7O3. The van der Waals surface area contributed by atoms with Crippen molar-refractivity contribution < 1.29 is 14.6 Å². The lowest BCUT2D eigenvalue weighted by Crippen LogP contribution is -2.48. The Morgan fingerprint density at radius 1 is 1.18 bits per heavy atom. The number of ether oxygens (including phenoxy) is 1. The fourth-order valence-corrected chi connectivity index (χ4v) is 5.04. The minimum Gasteiger partial charge on any atom is -0.508 e. The summed E-state index contributed by atoms with van der Waals surface area (Å²) in [6.07, 6.45) is 4.18. The molecule has 0 bridgehead atoms. The van der Waals surface area contributed by atoms with E-state index in [1.807, 2.05) is 0 Å². The molecule has 1 amide bonds. The zero-order valence-corrected chi connectivity index (χ0v) is 23.8. The van der Waals surface area contributed by atoms with Crippen LogP contribution in [0.3, 0.4) is 0 Å². The smallest absolute Gasteiger partial charge is 0.318 e. The van der Waals surface area contributed by atoms with Crippen LogP contribution in [0.4, 0.5) is 5.82 Å². The molecule has 0 spiro atoms. The van der Waals surface area contributed by atoms with Crippen molar-refractivity contribution in [3.63, 3.8) is 0 Å². The summed E-state index contributed by atoms with van der Waals surface area (Å²) in [5, 5.41) is 18.1. The van der Waals surface area contributed by atoms with E-state index in [2.05, 4.69) is 38.3 Å². The summed E-state index contributed by atoms with van der Waals surface area (Å²) < 4.78 is 5.33. The van der Waals surface area contributed by atoms with Gasteiger partial charge in [-0.15, -0.1) is 0 Å². The molecule has 0 atom stereocenters. The average Bonchev–Trinajstić information content (AvgIpc) is 3.59. The predicted molar refractivity (Wildman–Crippen MR) is 152 cm³/mol. The molecule has 1 aromatic carbocycles. The number of amides is 1. The zero-order valence-electron chi connectivity index (χ0n) is 23.1. The molecule has 0 aliphatic carbocycles. The van der Waals surface area contributed by atoms with Gasteiger partial charge in [-0.1, -0.05) is 24.2 Å². The molecule has 4 heterocycles. The van der Waals surface area contributed by atoms with Crippen LogP contribution in [0.2, 0.25) is 5.02 Å². The quantitative estimate of drug-likeness (QED) is 0.555. The number of aromatic nitrogens is 2. The molecular weight excluding hydrogens is 518 g/mol. The Bertz CT molecular complexity index is 1150. The highest BCUT2D eigenvalue weighted by atomic mass is 35.5. The lowest BCUT2D eigenvalue weighted by molar-refractivity contribution is -0.126. The number of hydrogen-bond acceptors (Lipinski definition) is 9.